The molecule has 0 aromatic heterocycles. The summed E-state index contributed by atoms with van der Waals surface area (Å²) in [5.74, 6) is 0. The highest BCUT2D eigenvalue weighted by atomic mass is 32.3. The largest absolute Gasteiger partial charge is 0.487 e. The zero-order chi connectivity index (χ0) is 10.3. The molecule has 0 saturated heterocycles. The Kier molecular flexibility index (Phi) is 7.78. The topological polar surface area (TPSA) is 52.6 Å². The monoisotopic (exact) mass is 237 g/mol. The molecule has 0 spiro atoms. The lowest BCUT2D eigenvalue weighted by Crippen LogP contribution is -2.23. The van der Waals surface area contributed by atoms with Crippen molar-refractivity contribution < 1.29 is 14.9 Å². The molecular weight excluding hydrogens is 222 g/mol. The van der Waals surface area contributed by atoms with Crippen LogP contribution >= 0.6 is 0 Å². The first-order chi connectivity index (χ1) is 6.05. The standard InChI is InChI=1S/3C2H5.2Al.H2O4S/c3*1-2;;;1-5(2,3)4/h3*1H2,2H3;;;(H2,1,2,3,4)/q;;;2*+1;/p-2. The molecular formula is C6H15Al2O4S. The van der Waals surface area contributed by atoms with Gasteiger partial charge in [-0.2, -0.15) is 8.42 Å². The molecule has 0 atom stereocenters. The van der Waals surface area contributed by atoms with Gasteiger partial charge < -0.3 is 6.47 Å². The molecule has 0 fully saturated rings. The first kappa shape index (κ1) is 13.9. The van der Waals surface area contributed by atoms with Crippen molar-refractivity contribution in [3.63, 3.8) is 0 Å². The minimum atomic E-state index is -3.67. The van der Waals surface area contributed by atoms with E-state index in [1.807, 2.05) is 20.8 Å². The van der Waals surface area contributed by atoms with Crippen molar-refractivity contribution >= 4 is 40.4 Å². The Balaban J connectivity index is 4.00. The van der Waals surface area contributed by atoms with Crippen LogP contribution in [0.4, 0.5) is 0 Å². The molecule has 0 saturated carbocycles. The Hall–Kier alpha value is 0.935. The maximum absolute atomic E-state index is 11.1. The SMILES string of the molecule is C[CH2][Al][O]S(=O)(=O)[O][Al]([CH2]C)[CH2]C. The van der Waals surface area contributed by atoms with Crippen molar-refractivity contribution in [3.8, 4) is 0 Å². The van der Waals surface area contributed by atoms with E-state index < -0.39 is 40.4 Å². The second-order valence-electron chi connectivity index (χ2n) is 2.61. The van der Waals surface area contributed by atoms with Crippen LogP contribution in [0.3, 0.4) is 0 Å². The molecule has 0 heterocycles. The molecule has 0 aliphatic carbocycles. The molecule has 7 heteroatoms. The highest BCUT2D eigenvalue weighted by molar-refractivity contribution is 7.83. The van der Waals surface area contributed by atoms with Crippen LogP contribution in [0.25, 0.3) is 0 Å². The summed E-state index contributed by atoms with van der Waals surface area (Å²) in [4.78, 5) is 0. The minimum Gasteiger partial charge on any atom is -0.390 e. The quantitative estimate of drug-likeness (QED) is 0.627. The third-order valence-electron chi connectivity index (χ3n) is 1.52. The Labute approximate surface area is 91.7 Å². The van der Waals surface area contributed by atoms with Gasteiger partial charge in [0.2, 0.25) is 0 Å². The Bertz CT molecular complexity index is 213. The predicted molar refractivity (Wildman–Crippen MR) is 54.0 cm³/mol. The Morgan fingerprint density at radius 3 is 2.15 bits per heavy atom. The van der Waals surface area contributed by atoms with Gasteiger partial charge in [0, 0.05) is 0 Å². The molecule has 4 nitrogen and oxygen atoms in total. The Morgan fingerprint density at radius 2 is 1.77 bits per heavy atom. The van der Waals surface area contributed by atoms with Crippen molar-refractivity contribution in [2.24, 2.45) is 0 Å². The van der Waals surface area contributed by atoms with Crippen molar-refractivity contribution in [1.82, 2.24) is 0 Å². The van der Waals surface area contributed by atoms with E-state index in [4.69, 9.17) is 3.23 Å². The fourth-order valence-corrected chi connectivity index (χ4v) is 5.57. The molecule has 0 unspecified atom stereocenters. The second kappa shape index (κ2) is 7.26. The summed E-state index contributed by atoms with van der Waals surface area (Å²) >= 11 is -2.04. The van der Waals surface area contributed by atoms with Crippen LogP contribution in [-0.4, -0.2) is 38.5 Å². The van der Waals surface area contributed by atoms with Gasteiger partial charge in [0.25, 0.3) is 0 Å². The van der Waals surface area contributed by atoms with Gasteiger partial charge in [0.05, 0.1) is 0 Å². The second-order valence-corrected chi connectivity index (χ2v) is 9.00. The van der Waals surface area contributed by atoms with Gasteiger partial charge in [0.1, 0.15) is 0 Å². The molecule has 0 bridgehead atoms. The number of hydrogen-bond acceptors (Lipinski definition) is 4. The lowest BCUT2D eigenvalue weighted by Gasteiger charge is -2.09. The fourth-order valence-electron chi connectivity index (χ4n) is 0.765. The third kappa shape index (κ3) is 6.93. The first-order valence-corrected chi connectivity index (χ1v) is 9.21. The van der Waals surface area contributed by atoms with Crippen LogP contribution in [0, 0.1) is 0 Å². The lowest BCUT2D eigenvalue weighted by atomic mass is 10.9. The van der Waals surface area contributed by atoms with Gasteiger partial charge in [-0.05, 0) is 0 Å². The van der Waals surface area contributed by atoms with Crippen LogP contribution in [0.1, 0.15) is 20.8 Å². The summed E-state index contributed by atoms with van der Waals surface area (Å²) in [7, 11) is -3.67. The molecule has 0 amide bonds. The van der Waals surface area contributed by atoms with Crippen LogP contribution in [-0.2, 0) is 16.9 Å². The molecule has 0 rings (SSSR count). The van der Waals surface area contributed by atoms with E-state index in [1.54, 1.807) is 0 Å². The van der Waals surface area contributed by atoms with E-state index in [0.717, 1.165) is 15.8 Å². The van der Waals surface area contributed by atoms with E-state index in [-0.39, 0.29) is 0 Å². The van der Waals surface area contributed by atoms with Gasteiger partial charge in [-0.3, -0.25) is 0 Å². The third-order valence-corrected chi connectivity index (χ3v) is 7.19. The summed E-state index contributed by atoms with van der Waals surface area (Å²) in [5.41, 5.74) is 0. The molecule has 13 heavy (non-hydrogen) atoms. The zero-order valence-corrected chi connectivity index (χ0v) is 11.4. The summed E-state index contributed by atoms with van der Waals surface area (Å²) in [6, 6.07) is 0. The summed E-state index contributed by atoms with van der Waals surface area (Å²) in [5, 5.41) is 2.40. The van der Waals surface area contributed by atoms with Crippen LogP contribution in [0.15, 0.2) is 0 Å². The molecule has 0 aliphatic rings. The predicted octanol–water partition coefficient (Wildman–Crippen LogP) is 1.35. The summed E-state index contributed by atoms with van der Waals surface area (Å²) < 4.78 is 31.9. The fraction of sp³-hybridized carbons (Fsp3) is 1.00. The van der Waals surface area contributed by atoms with E-state index in [1.165, 1.54) is 0 Å². The maximum Gasteiger partial charge on any atom is 0.487 e. The lowest BCUT2D eigenvalue weighted by molar-refractivity contribution is 0.402. The highest BCUT2D eigenvalue weighted by Crippen LogP contribution is 2.06. The number of hydrogen-bond donors (Lipinski definition) is 0. The van der Waals surface area contributed by atoms with Gasteiger partial charge in [0.15, 0.2) is 0 Å². The van der Waals surface area contributed by atoms with Crippen molar-refractivity contribution in [1.29, 1.82) is 0 Å². The van der Waals surface area contributed by atoms with Gasteiger partial charge >= 0.3 is 40.4 Å². The average Bonchev–Trinajstić information content (AvgIpc) is 2.11. The first-order valence-electron chi connectivity index (χ1n) is 4.48. The zero-order valence-electron chi connectivity index (χ0n) is 8.32. The van der Waals surface area contributed by atoms with E-state index in [2.05, 4.69) is 3.23 Å². The maximum atomic E-state index is 11.1. The van der Waals surface area contributed by atoms with Gasteiger partial charge in [-0.15, -0.1) is 0 Å². The van der Waals surface area contributed by atoms with Gasteiger partial charge in [-0.25, -0.2) is 0 Å². The molecule has 0 N–H and O–H groups in total. The molecule has 0 aromatic rings. The normalized spacial score (nSPS) is 11.3. The van der Waals surface area contributed by atoms with Crippen molar-refractivity contribution in [2.45, 2.75) is 36.6 Å². The van der Waals surface area contributed by atoms with Crippen LogP contribution < -0.4 is 0 Å². The molecule has 75 valence electrons. The smallest absolute Gasteiger partial charge is 0.390 e. The van der Waals surface area contributed by atoms with E-state index >= 15 is 0 Å². The molecule has 0 aliphatic heterocycles. The van der Waals surface area contributed by atoms with Gasteiger partial charge in [-0.1, -0.05) is 36.6 Å². The summed E-state index contributed by atoms with van der Waals surface area (Å²) in [6.45, 7) is 5.78. The highest BCUT2D eigenvalue weighted by Gasteiger charge is 2.23. The minimum absolute atomic E-state index is 0.477. The average molecular weight is 237 g/mol. The Morgan fingerprint density at radius 1 is 1.23 bits per heavy atom. The number of rotatable bonds is 7. The molecule has 1 radical (unpaired) electrons. The molecule has 0 aromatic carbocycles. The van der Waals surface area contributed by atoms with Crippen LogP contribution in [0.5, 0.6) is 0 Å². The van der Waals surface area contributed by atoms with E-state index in [0.29, 0.717) is 0 Å². The summed E-state index contributed by atoms with van der Waals surface area (Å²) in [6.07, 6.45) is 0. The van der Waals surface area contributed by atoms with Crippen molar-refractivity contribution in [3.05, 3.63) is 0 Å². The van der Waals surface area contributed by atoms with Crippen LogP contribution in [0.2, 0.25) is 15.8 Å². The van der Waals surface area contributed by atoms with E-state index in [9.17, 15) is 8.42 Å². The van der Waals surface area contributed by atoms with Crippen molar-refractivity contribution in [2.75, 3.05) is 0 Å².